The summed E-state index contributed by atoms with van der Waals surface area (Å²) < 4.78 is 1.01. The van der Waals surface area contributed by atoms with Crippen LogP contribution >= 0.6 is 15.9 Å². The van der Waals surface area contributed by atoms with Crippen molar-refractivity contribution in [3.8, 4) is 0 Å². The number of benzene rings is 2. The summed E-state index contributed by atoms with van der Waals surface area (Å²) in [7, 11) is 1.76. The Kier molecular flexibility index (Phi) is 4.71. The molecule has 0 aliphatic carbocycles. The largest absolute Gasteiger partial charge is 0.315 e. The lowest BCUT2D eigenvalue weighted by atomic mass is 10.1. The van der Waals surface area contributed by atoms with E-state index in [0.29, 0.717) is 6.54 Å². The fraction of sp³-hybridized carbons (Fsp3) is 0.263. The van der Waals surface area contributed by atoms with E-state index < -0.39 is 0 Å². The van der Waals surface area contributed by atoms with Crippen LogP contribution < -0.4 is 9.80 Å². The molecule has 24 heavy (non-hydrogen) atoms. The van der Waals surface area contributed by atoms with Crippen molar-refractivity contribution in [2.75, 3.05) is 23.4 Å². The Morgan fingerprint density at radius 3 is 2.58 bits per heavy atom. The molecular weight excluding hydrogens is 368 g/mol. The Labute approximate surface area is 150 Å². The van der Waals surface area contributed by atoms with Crippen LogP contribution in [0, 0.1) is 12.8 Å². The van der Waals surface area contributed by atoms with Crippen molar-refractivity contribution < 1.29 is 9.59 Å². The van der Waals surface area contributed by atoms with Crippen molar-refractivity contribution in [2.24, 2.45) is 5.92 Å². The molecule has 0 N–H and O–H groups in total. The summed E-state index contributed by atoms with van der Waals surface area (Å²) in [6, 6.07) is 15.3. The van der Waals surface area contributed by atoms with E-state index in [1.54, 1.807) is 16.8 Å². The van der Waals surface area contributed by atoms with E-state index in [4.69, 9.17) is 0 Å². The Morgan fingerprint density at radius 1 is 1.21 bits per heavy atom. The van der Waals surface area contributed by atoms with E-state index in [2.05, 4.69) is 15.9 Å². The van der Waals surface area contributed by atoms with Gasteiger partial charge in [0.2, 0.25) is 11.8 Å². The zero-order valence-electron chi connectivity index (χ0n) is 13.7. The van der Waals surface area contributed by atoms with E-state index in [0.717, 1.165) is 21.4 Å². The van der Waals surface area contributed by atoms with Gasteiger partial charge in [0.1, 0.15) is 0 Å². The lowest BCUT2D eigenvalue weighted by Crippen LogP contribution is -2.34. The molecule has 1 unspecified atom stereocenters. The second-order valence-electron chi connectivity index (χ2n) is 6.07. The number of amides is 2. The molecule has 124 valence electrons. The molecule has 1 aliphatic rings. The quantitative estimate of drug-likeness (QED) is 0.805. The molecule has 1 atom stereocenters. The highest BCUT2D eigenvalue weighted by molar-refractivity contribution is 9.10. The summed E-state index contributed by atoms with van der Waals surface area (Å²) in [5.74, 6) is -0.339. The second kappa shape index (κ2) is 6.77. The van der Waals surface area contributed by atoms with E-state index in [1.165, 1.54) is 0 Å². The smallest absolute Gasteiger partial charge is 0.232 e. The Morgan fingerprint density at radius 2 is 1.92 bits per heavy atom. The van der Waals surface area contributed by atoms with Gasteiger partial charge in [-0.3, -0.25) is 9.59 Å². The highest BCUT2D eigenvalue weighted by Gasteiger charge is 2.36. The molecule has 0 radical (unpaired) electrons. The second-order valence-corrected chi connectivity index (χ2v) is 6.93. The summed E-state index contributed by atoms with van der Waals surface area (Å²) in [5.41, 5.74) is 2.75. The zero-order valence-corrected chi connectivity index (χ0v) is 15.3. The molecule has 3 rings (SSSR count). The fourth-order valence-corrected chi connectivity index (χ4v) is 3.22. The number of hydrogen-bond donors (Lipinski definition) is 0. The number of nitrogens with zero attached hydrogens (tertiary/aromatic N) is 2. The number of anilines is 2. The highest BCUT2D eigenvalue weighted by atomic mass is 79.9. The van der Waals surface area contributed by atoms with Crippen molar-refractivity contribution in [1.82, 2.24) is 0 Å². The molecule has 0 spiro atoms. The summed E-state index contributed by atoms with van der Waals surface area (Å²) in [5, 5.41) is 0. The van der Waals surface area contributed by atoms with Gasteiger partial charge in [0, 0.05) is 35.9 Å². The minimum atomic E-state index is -0.313. The van der Waals surface area contributed by atoms with Crippen LogP contribution in [-0.2, 0) is 9.59 Å². The van der Waals surface area contributed by atoms with Crippen LogP contribution in [0.5, 0.6) is 0 Å². The maximum absolute atomic E-state index is 12.7. The van der Waals surface area contributed by atoms with Gasteiger partial charge in [0.15, 0.2) is 0 Å². The van der Waals surface area contributed by atoms with Gasteiger partial charge in [-0.15, -0.1) is 0 Å². The first-order valence-corrected chi connectivity index (χ1v) is 8.66. The first-order valence-electron chi connectivity index (χ1n) is 7.86. The predicted molar refractivity (Wildman–Crippen MR) is 99.2 cm³/mol. The van der Waals surface area contributed by atoms with Crippen molar-refractivity contribution in [3.05, 3.63) is 58.6 Å². The van der Waals surface area contributed by atoms with Gasteiger partial charge in [0.25, 0.3) is 0 Å². The van der Waals surface area contributed by atoms with Gasteiger partial charge in [-0.25, -0.2) is 0 Å². The van der Waals surface area contributed by atoms with Crippen molar-refractivity contribution in [1.29, 1.82) is 0 Å². The van der Waals surface area contributed by atoms with Crippen LogP contribution in [0.25, 0.3) is 0 Å². The normalized spacial score (nSPS) is 17.2. The third kappa shape index (κ3) is 3.22. The molecule has 1 aliphatic heterocycles. The Bertz CT molecular complexity index is 776. The summed E-state index contributed by atoms with van der Waals surface area (Å²) in [6.45, 7) is 2.41. The summed E-state index contributed by atoms with van der Waals surface area (Å²) >= 11 is 3.47. The highest BCUT2D eigenvalue weighted by Crippen LogP contribution is 2.29. The number of rotatable bonds is 3. The van der Waals surface area contributed by atoms with Crippen LogP contribution in [0.1, 0.15) is 12.0 Å². The molecule has 5 heteroatoms. The van der Waals surface area contributed by atoms with Gasteiger partial charge < -0.3 is 9.80 Å². The molecule has 0 bridgehead atoms. The van der Waals surface area contributed by atoms with Gasteiger partial charge in [-0.1, -0.05) is 34.1 Å². The van der Waals surface area contributed by atoms with Crippen LogP contribution in [0.3, 0.4) is 0 Å². The first kappa shape index (κ1) is 16.7. The lowest BCUT2D eigenvalue weighted by Gasteiger charge is -2.22. The van der Waals surface area contributed by atoms with Crippen molar-refractivity contribution in [2.45, 2.75) is 13.3 Å². The minimum absolute atomic E-state index is 0.00321. The van der Waals surface area contributed by atoms with Gasteiger partial charge in [-0.05, 0) is 42.8 Å². The number of carbonyl (C=O) groups excluding carboxylic acids is 2. The number of para-hydroxylation sites is 1. The van der Waals surface area contributed by atoms with Crippen LogP contribution in [0.4, 0.5) is 11.4 Å². The maximum Gasteiger partial charge on any atom is 0.232 e. The molecule has 0 saturated carbocycles. The lowest BCUT2D eigenvalue weighted by molar-refractivity contribution is -0.124. The van der Waals surface area contributed by atoms with E-state index in [1.807, 2.05) is 55.5 Å². The molecule has 4 nitrogen and oxygen atoms in total. The van der Waals surface area contributed by atoms with Crippen LogP contribution in [0.2, 0.25) is 0 Å². The van der Waals surface area contributed by atoms with E-state index in [9.17, 15) is 9.59 Å². The number of hydrogen-bond acceptors (Lipinski definition) is 2. The molecule has 2 aromatic carbocycles. The standard InChI is InChI=1S/C19H19BrN2O2/c1-13-10-16(8-9-17(13)20)22-12-14(11-18(22)23)19(24)21(2)15-6-4-3-5-7-15/h3-10,14H,11-12H2,1-2H3. The van der Waals surface area contributed by atoms with E-state index in [-0.39, 0.29) is 24.2 Å². The average Bonchev–Trinajstić information content (AvgIpc) is 2.98. The fourth-order valence-electron chi connectivity index (χ4n) is 2.97. The van der Waals surface area contributed by atoms with Crippen LogP contribution in [-0.4, -0.2) is 25.4 Å². The molecular formula is C19H19BrN2O2. The van der Waals surface area contributed by atoms with Crippen molar-refractivity contribution >= 4 is 39.1 Å². The number of halogens is 1. The molecule has 2 aromatic rings. The number of carbonyl (C=O) groups is 2. The molecule has 0 aromatic heterocycles. The average molecular weight is 387 g/mol. The molecule has 1 saturated heterocycles. The Balaban J connectivity index is 1.76. The topological polar surface area (TPSA) is 40.6 Å². The molecule has 1 fully saturated rings. The monoisotopic (exact) mass is 386 g/mol. The first-order chi connectivity index (χ1) is 11.5. The summed E-state index contributed by atoms with van der Waals surface area (Å²) in [6.07, 6.45) is 0.255. The third-order valence-corrected chi connectivity index (χ3v) is 5.29. The SMILES string of the molecule is Cc1cc(N2CC(C(=O)N(C)c3ccccc3)CC2=O)ccc1Br. The molecule has 1 heterocycles. The zero-order chi connectivity index (χ0) is 17.3. The van der Waals surface area contributed by atoms with E-state index >= 15 is 0 Å². The molecule has 2 amide bonds. The van der Waals surface area contributed by atoms with Crippen LogP contribution in [0.15, 0.2) is 53.0 Å². The Hall–Kier alpha value is -2.14. The van der Waals surface area contributed by atoms with Gasteiger partial charge in [-0.2, -0.15) is 0 Å². The van der Waals surface area contributed by atoms with Gasteiger partial charge >= 0.3 is 0 Å². The van der Waals surface area contributed by atoms with Crippen molar-refractivity contribution in [3.63, 3.8) is 0 Å². The number of aryl methyl sites for hydroxylation is 1. The van der Waals surface area contributed by atoms with Gasteiger partial charge in [0.05, 0.1) is 5.92 Å². The minimum Gasteiger partial charge on any atom is -0.315 e. The maximum atomic E-state index is 12.7. The summed E-state index contributed by atoms with van der Waals surface area (Å²) in [4.78, 5) is 28.5. The predicted octanol–water partition coefficient (Wildman–Crippen LogP) is 3.77. The third-order valence-electron chi connectivity index (χ3n) is 4.40.